The van der Waals surface area contributed by atoms with Crippen molar-refractivity contribution >= 4 is 21.6 Å². The van der Waals surface area contributed by atoms with E-state index in [0.29, 0.717) is 19.6 Å². The van der Waals surface area contributed by atoms with Crippen LogP contribution in [0.5, 0.6) is 0 Å². The number of piperidine rings is 1. The first-order valence-corrected chi connectivity index (χ1v) is 11.4. The quantitative estimate of drug-likeness (QED) is 0.763. The lowest BCUT2D eigenvalue weighted by atomic mass is 9.99. The fraction of sp³-hybridized carbons (Fsp3) is 0.632. The van der Waals surface area contributed by atoms with Gasteiger partial charge >= 0.3 is 0 Å². The average molecular weight is 380 g/mol. The number of rotatable bonds is 6. The van der Waals surface area contributed by atoms with Crippen molar-refractivity contribution in [2.75, 3.05) is 43.9 Å². The summed E-state index contributed by atoms with van der Waals surface area (Å²) < 4.78 is 24.8. The molecule has 2 aliphatic heterocycles. The van der Waals surface area contributed by atoms with Gasteiger partial charge in [-0.15, -0.1) is 0 Å². The van der Waals surface area contributed by atoms with Gasteiger partial charge in [0.25, 0.3) is 0 Å². The molecule has 0 aliphatic carbocycles. The minimum absolute atomic E-state index is 0.0163. The molecule has 1 aromatic rings. The van der Waals surface area contributed by atoms with Crippen molar-refractivity contribution in [2.45, 2.75) is 32.1 Å². The summed E-state index contributed by atoms with van der Waals surface area (Å²) in [6.45, 7) is 3.46. The first kappa shape index (κ1) is 19.2. The third-order valence-corrected chi connectivity index (χ3v) is 6.60. The second kappa shape index (κ2) is 8.39. The van der Waals surface area contributed by atoms with Gasteiger partial charge < -0.3 is 10.2 Å². The van der Waals surface area contributed by atoms with Crippen LogP contribution in [0.2, 0.25) is 0 Å². The maximum atomic E-state index is 12.4. The van der Waals surface area contributed by atoms with Gasteiger partial charge in [0.1, 0.15) is 0 Å². The Morgan fingerprint density at radius 2 is 2.04 bits per heavy atom. The molecule has 144 valence electrons. The van der Waals surface area contributed by atoms with Gasteiger partial charge in [0.15, 0.2) is 0 Å². The Kier molecular flexibility index (Phi) is 6.19. The molecule has 1 amide bonds. The summed E-state index contributed by atoms with van der Waals surface area (Å²) in [5.41, 5.74) is 2.73. The monoisotopic (exact) mass is 379 g/mol. The zero-order valence-corrected chi connectivity index (χ0v) is 16.3. The molecule has 1 fully saturated rings. The van der Waals surface area contributed by atoms with E-state index in [4.69, 9.17) is 0 Å². The van der Waals surface area contributed by atoms with Crippen molar-refractivity contribution in [3.8, 4) is 0 Å². The Morgan fingerprint density at radius 3 is 2.85 bits per heavy atom. The van der Waals surface area contributed by atoms with Crippen molar-refractivity contribution in [1.29, 1.82) is 0 Å². The van der Waals surface area contributed by atoms with E-state index < -0.39 is 10.0 Å². The molecule has 2 aliphatic rings. The van der Waals surface area contributed by atoms with Crippen molar-refractivity contribution in [3.63, 3.8) is 0 Å². The van der Waals surface area contributed by atoms with Gasteiger partial charge in [-0.2, -0.15) is 0 Å². The van der Waals surface area contributed by atoms with E-state index in [2.05, 4.69) is 34.5 Å². The van der Waals surface area contributed by atoms with Gasteiger partial charge in [-0.25, -0.2) is 12.7 Å². The molecule has 6 nitrogen and oxygen atoms in total. The lowest BCUT2D eigenvalue weighted by Crippen LogP contribution is -2.45. The number of amides is 1. The number of nitrogens with one attached hydrogen (secondary N) is 1. The van der Waals surface area contributed by atoms with E-state index in [-0.39, 0.29) is 11.8 Å². The minimum atomic E-state index is -3.21. The van der Waals surface area contributed by atoms with Gasteiger partial charge in [-0.1, -0.05) is 18.2 Å². The second-order valence-corrected chi connectivity index (χ2v) is 9.31. The van der Waals surface area contributed by atoms with E-state index >= 15 is 0 Å². The Balaban J connectivity index is 1.43. The fourth-order valence-corrected chi connectivity index (χ4v) is 4.84. The number of anilines is 1. The molecule has 1 saturated heterocycles. The maximum absolute atomic E-state index is 12.4. The molecule has 7 heteroatoms. The molecule has 26 heavy (non-hydrogen) atoms. The molecule has 1 unspecified atom stereocenters. The molecular weight excluding hydrogens is 350 g/mol. The van der Waals surface area contributed by atoms with Crippen LogP contribution in [0, 0.1) is 5.92 Å². The number of carbonyl (C=O) groups is 1. The molecule has 0 radical (unpaired) electrons. The zero-order valence-electron chi connectivity index (χ0n) is 15.5. The predicted octanol–water partition coefficient (Wildman–Crippen LogP) is 1.62. The fourth-order valence-electron chi connectivity index (χ4n) is 3.93. The highest BCUT2D eigenvalue weighted by Crippen LogP contribution is 2.26. The Bertz CT molecular complexity index is 735. The van der Waals surface area contributed by atoms with Gasteiger partial charge in [-0.05, 0) is 43.7 Å². The third-order valence-electron chi connectivity index (χ3n) is 5.33. The molecule has 0 spiro atoms. The van der Waals surface area contributed by atoms with Crippen molar-refractivity contribution in [3.05, 3.63) is 29.8 Å². The standard InChI is InChI=1S/C19H29N3O3S/c1-26(24,25)22-14-5-9-17(15-22)19(23)20-11-6-13-21-12-4-8-16-7-2-3-10-18(16)21/h2-3,7,10,17H,4-6,8-9,11-15H2,1H3,(H,20,23). The lowest BCUT2D eigenvalue weighted by molar-refractivity contribution is -0.126. The van der Waals surface area contributed by atoms with Crippen LogP contribution in [0.1, 0.15) is 31.2 Å². The van der Waals surface area contributed by atoms with Crippen molar-refractivity contribution in [1.82, 2.24) is 9.62 Å². The van der Waals surface area contributed by atoms with Gasteiger partial charge in [0, 0.05) is 38.4 Å². The lowest BCUT2D eigenvalue weighted by Gasteiger charge is -2.32. The average Bonchev–Trinajstić information content (AvgIpc) is 2.64. The van der Waals surface area contributed by atoms with E-state index in [9.17, 15) is 13.2 Å². The molecule has 2 heterocycles. The van der Waals surface area contributed by atoms with E-state index in [1.165, 1.54) is 28.2 Å². The van der Waals surface area contributed by atoms with E-state index in [1.807, 2.05) is 0 Å². The second-order valence-electron chi connectivity index (χ2n) is 7.32. The predicted molar refractivity (Wildman–Crippen MR) is 104 cm³/mol. The number of carbonyl (C=O) groups excluding carboxylic acids is 1. The number of nitrogens with zero attached hydrogens (tertiary/aromatic N) is 2. The van der Waals surface area contributed by atoms with Crippen LogP contribution in [0.15, 0.2) is 24.3 Å². The van der Waals surface area contributed by atoms with Crippen molar-refractivity contribution in [2.24, 2.45) is 5.92 Å². The van der Waals surface area contributed by atoms with E-state index in [0.717, 1.165) is 38.8 Å². The van der Waals surface area contributed by atoms with Crippen LogP contribution in [-0.2, 0) is 21.2 Å². The van der Waals surface area contributed by atoms with Crippen LogP contribution < -0.4 is 10.2 Å². The van der Waals surface area contributed by atoms with Crippen molar-refractivity contribution < 1.29 is 13.2 Å². The summed E-state index contributed by atoms with van der Waals surface area (Å²) in [4.78, 5) is 14.8. The summed E-state index contributed by atoms with van der Waals surface area (Å²) in [5.74, 6) is -0.244. The minimum Gasteiger partial charge on any atom is -0.371 e. The number of sulfonamides is 1. The summed E-state index contributed by atoms with van der Waals surface area (Å²) in [6, 6.07) is 8.54. The highest BCUT2D eigenvalue weighted by molar-refractivity contribution is 7.88. The smallest absolute Gasteiger partial charge is 0.224 e. The summed E-state index contributed by atoms with van der Waals surface area (Å²) >= 11 is 0. The topological polar surface area (TPSA) is 69.7 Å². The summed E-state index contributed by atoms with van der Waals surface area (Å²) in [6.07, 6.45) is 5.92. The normalized spacial score (nSPS) is 21.3. The molecule has 0 saturated carbocycles. The van der Waals surface area contributed by atoms with Crippen LogP contribution in [0.3, 0.4) is 0 Å². The largest absolute Gasteiger partial charge is 0.371 e. The maximum Gasteiger partial charge on any atom is 0.224 e. The zero-order chi connectivity index (χ0) is 18.6. The highest BCUT2D eigenvalue weighted by atomic mass is 32.2. The van der Waals surface area contributed by atoms with Crippen LogP contribution >= 0.6 is 0 Å². The summed E-state index contributed by atoms with van der Waals surface area (Å²) in [5, 5.41) is 3.00. The first-order chi connectivity index (χ1) is 12.4. The van der Waals surface area contributed by atoms with Gasteiger partial charge in [-0.3, -0.25) is 4.79 Å². The van der Waals surface area contributed by atoms with Crippen LogP contribution in [0.4, 0.5) is 5.69 Å². The Morgan fingerprint density at radius 1 is 1.23 bits per heavy atom. The number of aryl methyl sites for hydroxylation is 1. The molecule has 1 aromatic carbocycles. The number of hydrogen-bond acceptors (Lipinski definition) is 4. The summed E-state index contributed by atoms with van der Waals surface area (Å²) in [7, 11) is -3.21. The highest BCUT2D eigenvalue weighted by Gasteiger charge is 2.29. The number of fused-ring (bicyclic) bond motifs is 1. The Hall–Kier alpha value is -1.60. The molecule has 0 bridgehead atoms. The SMILES string of the molecule is CS(=O)(=O)N1CCCC(C(=O)NCCCN2CCCc3ccccc32)C1. The molecule has 3 rings (SSSR count). The molecule has 1 N–H and O–H groups in total. The van der Waals surface area contributed by atoms with Gasteiger partial charge in [0.2, 0.25) is 15.9 Å². The number of para-hydroxylation sites is 1. The van der Waals surface area contributed by atoms with Crippen LogP contribution in [-0.4, -0.2) is 57.6 Å². The number of hydrogen-bond donors (Lipinski definition) is 1. The molecule has 0 aromatic heterocycles. The third kappa shape index (κ3) is 4.76. The molecule has 1 atom stereocenters. The first-order valence-electron chi connectivity index (χ1n) is 9.51. The van der Waals surface area contributed by atoms with Crippen LogP contribution in [0.25, 0.3) is 0 Å². The molecular formula is C19H29N3O3S. The number of benzene rings is 1. The Labute approximate surface area is 156 Å². The van der Waals surface area contributed by atoms with E-state index in [1.54, 1.807) is 0 Å². The van der Waals surface area contributed by atoms with Gasteiger partial charge in [0.05, 0.1) is 12.2 Å².